The second-order valence-corrected chi connectivity index (χ2v) is 5.34. The molecule has 0 bridgehead atoms. The van der Waals surface area contributed by atoms with Crippen LogP contribution in [-0.2, 0) is 9.59 Å². The maximum Gasteiger partial charge on any atom is 0.246 e. The van der Waals surface area contributed by atoms with Gasteiger partial charge in [0.2, 0.25) is 11.8 Å². The second kappa shape index (κ2) is 3.22. The molecule has 84 valence electrons. The van der Waals surface area contributed by atoms with Crippen molar-refractivity contribution in [2.24, 2.45) is 0 Å². The lowest BCUT2D eigenvalue weighted by Crippen LogP contribution is -2.62. The predicted molar refractivity (Wildman–Crippen MR) is 56.2 cm³/mol. The zero-order chi connectivity index (χ0) is 11.2. The minimum absolute atomic E-state index is 0.104. The van der Waals surface area contributed by atoms with Gasteiger partial charge in [-0.3, -0.25) is 9.59 Å². The molecule has 4 nitrogen and oxygen atoms in total. The van der Waals surface area contributed by atoms with Crippen LogP contribution in [0.15, 0.2) is 0 Å². The summed E-state index contributed by atoms with van der Waals surface area (Å²) in [5.41, 5.74) is -0.249. The van der Waals surface area contributed by atoms with Crippen LogP contribution in [0.3, 0.4) is 0 Å². The minimum atomic E-state index is -0.249. The first-order chi connectivity index (χ1) is 6.91. The number of fused-ring (bicyclic) bond motifs is 1. The highest BCUT2D eigenvalue weighted by atomic mass is 16.2. The molecular formula is C11H18N2O2. The summed E-state index contributed by atoms with van der Waals surface area (Å²) in [7, 11) is 0. The molecule has 2 fully saturated rings. The third-order valence-corrected chi connectivity index (χ3v) is 3.23. The Labute approximate surface area is 90.2 Å². The average Bonchev–Trinajstić information content (AvgIpc) is 2.58. The Bertz CT molecular complexity index is 306. The topological polar surface area (TPSA) is 40.6 Å². The van der Waals surface area contributed by atoms with Crippen molar-refractivity contribution in [3.8, 4) is 0 Å². The fourth-order valence-electron chi connectivity index (χ4n) is 2.37. The fourth-order valence-corrected chi connectivity index (χ4v) is 2.37. The first kappa shape index (κ1) is 10.5. The number of carbonyl (C=O) groups excluding carboxylic acids is 2. The lowest BCUT2D eigenvalue weighted by molar-refractivity contribution is -0.158. The molecule has 1 atom stereocenters. The van der Waals surface area contributed by atoms with E-state index in [2.05, 4.69) is 0 Å². The molecule has 0 aromatic heterocycles. The van der Waals surface area contributed by atoms with Crippen LogP contribution in [0.2, 0.25) is 0 Å². The van der Waals surface area contributed by atoms with E-state index in [1.807, 2.05) is 20.8 Å². The second-order valence-electron chi connectivity index (χ2n) is 5.34. The third-order valence-electron chi connectivity index (χ3n) is 3.23. The summed E-state index contributed by atoms with van der Waals surface area (Å²) in [6, 6.07) is -0.175. The molecule has 0 radical (unpaired) electrons. The molecule has 0 aliphatic carbocycles. The Morgan fingerprint density at radius 1 is 1.27 bits per heavy atom. The van der Waals surface area contributed by atoms with Crippen LogP contribution in [0.4, 0.5) is 0 Å². The monoisotopic (exact) mass is 210 g/mol. The van der Waals surface area contributed by atoms with E-state index in [0.717, 1.165) is 19.4 Å². The largest absolute Gasteiger partial charge is 0.329 e. The van der Waals surface area contributed by atoms with Gasteiger partial charge in [0.1, 0.15) is 12.6 Å². The molecule has 4 heteroatoms. The highest BCUT2D eigenvalue weighted by molar-refractivity contribution is 5.95. The minimum Gasteiger partial charge on any atom is -0.329 e. The lowest BCUT2D eigenvalue weighted by Gasteiger charge is -2.43. The summed E-state index contributed by atoms with van der Waals surface area (Å²) in [5, 5.41) is 0. The summed E-state index contributed by atoms with van der Waals surface area (Å²) < 4.78 is 0. The van der Waals surface area contributed by atoms with Crippen molar-refractivity contribution in [3.63, 3.8) is 0 Å². The molecule has 0 N–H and O–H groups in total. The third kappa shape index (κ3) is 1.62. The molecule has 2 amide bonds. The van der Waals surface area contributed by atoms with Crippen molar-refractivity contribution in [1.82, 2.24) is 9.80 Å². The van der Waals surface area contributed by atoms with Crippen LogP contribution >= 0.6 is 0 Å². The summed E-state index contributed by atoms with van der Waals surface area (Å²) in [6.45, 7) is 6.93. The maximum absolute atomic E-state index is 12.1. The number of amides is 2. The van der Waals surface area contributed by atoms with Crippen LogP contribution in [0.1, 0.15) is 33.6 Å². The SMILES string of the molecule is CC(C)(C)N1CC(=O)N2CCCC2C1=O. The predicted octanol–water partition coefficient (Wildman–Crippen LogP) is 0.618. The van der Waals surface area contributed by atoms with E-state index in [-0.39, 0.29) is 29.9 Å². The van der Waals surface area contributed by atoms with Gasteiger partial charge in [-0.25, -0.2) is 0 Å². The molecule has 0 aromatic carbocycles. The first-order valence-corrected chi connectivity index (χ1v) is 5.52. The van der Waals surface area contributed by atoms with E-state index < -0.39 is 0 Å². The number of nitrogens with zero attached hydrogens (tertiary/aromatic N) is 2. The zero-order valence-electron chi connectivity index (χ0n) is 9.62. The summed E-state index contributed by atoms with van der Waals surface area (Å²) in [6.07, 6.45) is 1.79. The quantitative estimate of drug-likeness (QED) is 0.588. The molecule has 1 unspecified atom stereocenters. The standard InChI is InChI=1S/C11H18N2O2/c1-11(2,3)13-7-9(14)12-6-4-5-8(12)10(13)15/h8H,4-7H2,1-3H3. The van der Waals surface area contributed by atoms with E-state index in [1.165, 1.54) is 0 Å². The molecular weight excluding hydrogens is 192 g/mol. The van der Waals surface area contributed by atoms with Gasteiger partial charge in [0.05, 0.1) is 0 Å². The van der Waals surface area contributed by atoms with Gasteiger partial charge in [-0.05, 0) is 33.6 Å². The Hall–Kier alpha value is -1.06. The van der Waals surface area contributed by atoms with Crippen molar-refractivity contribution < 1.29 is 9.59 Å². The Balaban J connectivity index is 2.25. The average molecular weight is 210 g/mol. The van der Waals surface area contributed by atoms with Gasteiger partial charge in [-0.15, -0.1) is 0 Å². The number of carbonyl (C=O) groups is 2. The normalized spacial score (nSPS) is 27.3. The van der Waals surface area contributed by atoms with E-state index in [1.54, 1.807) is 9.80 Å². The van der Waals surface area contributed by atoms with E-state index in [4.69, 9.17) is 0 Å². The Kier molecular flexibility index (Phi) is 2.24. The Morgan fingerprint density at radius 2 is 1.93 bits per heavy atom. The highest BCUT2D eigenvalue weighted by Crippen LogP contribution is 2.27. The molecule has 2 saturated heterocycles. The smallest absolute Gasteiger partial charge is 0.246 e. The van der Waals surface area contributed by atoms with Gasteiger partial charge in [0, 0.05) is 12.1 Å². The van der Waals surface area contributed by atoms with Crippen LogP contribution in [0.5, 0.6) is 0 Å². The molecule has 2 rings (SSSR count). The number of rotatable bonds is 0. The van der Waals surface area contributed by atoms with Crippen molar-refractivity contribution in [2.45, 2.75) is 45.2 Å². The van der Waals surface area contributed by atoms with Crippen molar-refractivity contribution in [1.29, 1.82) is 0 Å². The van der Waals surface area contributed by atoms with Crippen LogP contribution < -0.4 is 0 Å². The van der Waals surface area contributed by atoms with Gasteiger partial charge in [0.25, 0.3) is 0 Å². The number of piperazine rings is 1. The molecule has 2 aliphatic heterocycles. The Morgan fingerprint density at radius 3 is 2.53 bits per heavy atom. The molecule has 15 heavy (non-hydrogen) atoms. The lowest BCUT2D eigenvalue weighted by atomic mass is 10.0. The zero-order valence-corrected chi connectivity index (χ0v) is 9.62. The van der Waals surface area contributed by atoms with Crippen molar-refractivity contribution >= 4 is 11.8 Å². The molecule has 0 saturated carbocycles. The fraction of sp³-hybridized carbons (Fsp3) is 0.818. The molecule has 2 heterocycles. The first-order valence-electron chi connectivity index (χ1n) is 5.52. The number of hydrogen-bond donors (Lipinski definition) is 0. The van der Waals surface area contributed by atoms with E-state index in [9.17, 15) is 9.59 Å². The van der Waals surface area contributed by atoms with Crippen molar-refractivity contribution in [2.75, 3.05) is 13.1 Å². The summed E-state index contributed by atoms with van der Waals surface area (Å²) in [4.78, 5) is 27.4. The van der Waals surface area contributed by atoms with E-state index in [0.29, 0.717) is 0 Å². The molecule has 2 aliphatic rings. The highest BCUT2D eigenvalue weighted by Gasteiger charge is 2.44. The van der Waals surface area contributed by atoms with Gasteiger partial charge < -0.3 is 9.80 Å². The molecule has 0 aromatic rings. The van der Waals surface area contributed by atoms with Gasteiger partial charge in [0.15, 0.2) is 0 Å². The molecule has 0 spiro atoms. The van der Waals surface area contributed by atoms with Gasteiger partial charge in [-0.2, -0.15) is 0 Å². The summed E-state index contributed by atoms with van der Waals surface area (Å²) in [5.74, 6) is 0.228. The van der Waals surface area contributed by atoms with Crippen LogP contribution in [0.25, 0.3) is 0 Å². The van der Waals surface area contributed by atoms with Gasteiger partial charge in [-0.1, -0.05) is 0 Å². The maximum atomic E-state index is 12.1. The summed E-state index contributed by atoms with van der Waals surface area (Å²) >= 11 is 0. The van der Waals surface area contributed by atoms with Gasteiger partial charge >= 0.3 is 0 Å². The van der Waals surface area contributed by atoms with Crippen molar-refractivity contribution in [3.05, 3.63) is 0 Å². The number of hydrogen-bond acceptors (Lipinski definition) is 2. The van der Waals surface area contributed by atoms with Crippen LogP contribution in [-0.4, -0.2) is 46.3 Å². The van der Waals surface area contributed by atoms with E-state index >= 15 is 0 Å². The van der Waals surface area contributed by atoms with Crippen LogP contribution in [0, 0.1) is 0 Å².